The van der Waals surface area contributed by atoms with Gasteiger partial charge in [0, 0.05) is 33.2 Å². The average molecular weight is 479 g/mol. The van der Waals surface area contributed by atoms with Gasteiger partial charge in [-0.15, -0.1) is 0 Å². The molecule has 0 fully saturated rings. The van der Waals surface area contributed by atoms with Crippen molar-refractivity contribution in [1.29, 1.82) is 0 Å². The fourth-order valence-electron chi connectivity index (χ4n) is 2.51. The number of thiol groups is 1. The number of hydrogen-bond acceptors (Lipinski definition) is 8. The van der Waals surface area contributed by atoms with Crippen LogP contribution < -0.4 is 10.6 Å². The molecule has 186 valence electrons. The first-order valence-corrected chi connectivity index (χ1v) is 11.3. The SMILES string of the molecule is [3H]C(S)CC(=O)NCCOCCNC(=O)C(CCC(=O)OC(C)(C)C)CC(=O)OC(C)(C)C. The number of amides is 2. The van der Waals surface area contributed by atoms with Crippen molar-refractivity contribution in [3.05, 3.63) is 0 Å². The predicted molar refractivity (Wildman–Crippen MR) is 124 cm³/mol. The Kier molecular flexibility index (Phi) is 13.3. The van der Waals surface area contributed by atoms with Crippen LogP contribution in [-0.2, 0) is 33.4 Å². The summed E-state index contributed by atoms with van der Waals surface area (Å²) in [5.74, 6) is -2.36. The molecule has 32 heavy (non-hydrogen) atoms. The van der Waals surface area contributed by atoms with Crippen LogP contribution in [0.3, 0.4) is 0 Å². The molecule has 0 aliphatic heterocycles. The molecule has 0 heterocycles. The van der Waals surface area contributed by atoms with Gasteiger partial charge in [0.05, 0.1) is 19.6 Å². The van der Waals surface area contributed by atoms with Crippen LogP contribution in [0.5, 0.6) is 0 Å². The quantitative estimate of drug-likeness (QED) is 0.198. The van der Waals surface area contributed by atoms with Gasteiger partial charge in [-0.25, -0.2) is 0 Å². The van der Waals surface area contributed by atoms with Crippen molar-refractivity contribution in [3.8, 4) is 0 Å². The Morgan fingerprint density at radius 1 is 0.875 bits per heavy atom. The molecular formula is C22H40N2O7S. The van der Waals surface area contributed by atoms with E-state index in [-0.39, 0.29) is 63.8 Å². The molecule has 0 aromatic heterocycles. The summed E-state index contributed by atoms with van der Waals surface area (Å²) in [5.41, 5.74) is -2.07. The van der Waals surface area contributed by atoms with Gasteiger partial charge >= 0.3 is 11.9 Å². The first-order chi connectivity index (χ1) is 15.1. The topological polar surface area (TPSA) is 120 Å². The van der Waals surface area contributed by atoms with Crippen LogP contribution in [0.2, 0.25) is 0 Å². The van der Waals surface area contributed by atoms with E-state index in [9.17, 15) is 19.2 Å². The average Bonchev–Trinajstić information content (AvgIpc) is 2.60. The Morgan fingerprint density at radius 3 is 1.94 bits per heavy atom. The smallest absolute Gasteiger partial charge is 0.307 e. The molecule has 2 amide bonds. The summed E-state index contributed by atoms with van der Waals surface area (Å²) < 4.78 is 23.2. The highest BCUT2D eigenvalue weighted by molar-refractivity contribution is 7.80. The lowest BCUT2D eigenvalue weighted by Gasteiger charge is -2.23. The number of carbonyl (C=O) groups excluding carboxylic acids is 4. The van der Waals surface area contributed by atoms with Gasteiger partial charge in [-0.1, -0.05) is 0 Å². The molecule has 0 spiro atoms. The molecule has 9 nitrogen and oxygen atoms in total. The second-order valence-electron chi connectivity index (χ2n) is 9.25. The molecule has 0 saturated carbocycles. The maximum atomic E-state index is 12.6. The summed E-state index contributed by atoms with van der Waals surface area (Å²) in [6.45, 7) is 11.4. The van der Waals surface area contributed by atoms with E-state index in [0.29, 0.717) is 0 Å². The minimum absolute atomic E-state index is 0.000184. The predicted octanol–water partition coefficient (Wildman–Crippen LogP) is 2.03. The van der Waals surface area contributed by atoms with Gasteiger partial charge in [-0.2, -0.15) is 12.6 Å². The van der Waals surface area contributed by atoms with Crippen molar-refractivity contribution in [3.63, 3.8) is 0 Å². The van der Waals surface area contributed by atoms with E-state index in [0.717, 1.165) is 0 Å². The summed E-state index contributed by atoms with van der Waals surface area (Å²) in [6.07, 6.45) is -0.00272. The number of carbonyl (C=O) groups is 4. The van der Waals surface area contributed by atoms with Crippen LogP contribution in [0.25, 0.3) is 0 Å². The summed E-state index contributed by atoms with van der Waals surface area (Å²) in [4.78, 5) is 48.3. The molecule has 0 aliphatic rings. The Balaban J connectivity index is 4.53. The first-order valence-electron chi connectivity index (χ1n) is 11.3. The van der Waals surface area contributed by atoms with E-state index in [1.165, 1.54) is 0 Å². The van der Waals surface area contributed by atoms with Crippen molar-refractivity contribution in [2.45, 2.75) is 78.4 Å². The van der Waals surface area contributed by atoms with Gasteiger partial charge in [0.25, 0.3) is 0 Å². The lowest BCUT2D eigenvalue weighted by molar-refractivity contribution is -0.159. The molecule has 0 radical (unpaired) electrons. The fourth-order valence-corrected chi connectivity index (χ4v) is 2.67. The van der Waals surface area contributed by atoms with E-state index in [1.807, 2.05) is 0 Å². The highest BCUT2D eigenvalue weighted by atomic mass is 32.1. The van der Waals surface area contributed by atoms with Gasteiger partial charge in [0.1, 0.15) is 11.2 Å². The van der Waals surface area contributed by atoms with Gasteiger partial charge in [-0.05, 0) is 53.7 Å². The number of rotatable bonds is 14. The van der Waals surface area contributed by atoms with Crippen molar-refractivity contribution in [1.82, 2.24) is 10.6 Å². The number of hydrogen-bond donors (Lipinski definition) is 3. The van der Waals surface area contributed by atoms with Gasteiger partial charge < -0.3 is 24.8 Å². The normalized spacial score (nSPS) is 14.0. The zero-order valence-electron chi connectivity index (χ0n) is 21.1. The van der Waals surface area contributed by atoms with Gasteiger partial charge in [-0.3, -0.25) is 19.2 Å². The Bertz CT molecular complexity index is 646. The Morgan fingerprint density at radius 2 is 1.41 bits per heavy atom. The minimum Gasteiger partial charge on any atom is -0.460 e. The molecule has 2 unspecified atom stereocenters. The zero-order chi connectivity index (χ0) is 25.7. The summed E-state index contributed by atoms with van der Waals surface area (Å²) in [7, 11) is 0. The number of ether oxygens (including phenoxy) is 3. The van der Waals surface area contributed by atoms with Crippen molar-refractivity contribution >= 4 is 36.4 Å². The van der Waals surface area contributed by atoms with E-state index >= 15 is 0 Å². The molecule has 0 bridgehead atoms. The van der Waals surface area contributed by atoms with E-state index in [2.05, 4.69) is 23.3 Å². The fraction of sp³-hybridized carbons (Fsp3) is 0.818. The van der Waals surface area contributed by atoms with Crippen LogP contribution in [-0.4, -0.2) is 67.0 Å². The molecular weight excluding hydrogens is 436 g/mol. The second-order valence-corrected chi connectivity index (χ2v) is 9.62. The Hall–Kier alpha value is -1.81. The maximum Gasteiger partial charge on any atom is 0.307 e. The highest BCUT2D eigenvalue weighted by Gasteiger charge is 2.27. The highest BCUT2D eigenvalue weighted by Crippen LogP contribution is 2.18. The molecule has 2 atom stereocenters. The van der Waals surface area contributed by atoms with Crippen LogP contribution in [0.4, 0.5) is 0 Å². The van der Waals surface area contributed by atoms with Crippen molar-refractivity contribution < 1.29 is 34.8 Å². The van der Waals surface area contributed by atoms with E-state index in [1.54, 1.807) is 41.5 Å². The summed E-state index contributed by atoms with van der Waals surface area (Å²) in [5, 5.41) is 5.30. The third-order valence-corrected chi connectivity index (χ3v) is 3.89. The van der Waals surface area contributed by atoms with E-state index in [4.69, 9.17) is 15.6 Å². The molecule has 0 aliphatic carbocycles. The van der Waals surface area contributed by atoms with E-state index < -0.39 is 34.8 Å². The van der Waals surface area contributed by atoms with Crippen LogP contribution in [0, 0.1) is 5.92 Å². The molecule has 0 saturated heterocycles. The van der Waals surface area contributed by atoms with Crippen molar-refractivity contribution in [2.24, 2.45) is 5.92 Å². The molecule has 0 rings (SSSR count). The zero-order valence-corrected chi connectivity index (χ0v) is 21.0. The molecule has 0 aromatic rings. The first kappa shape index (κ1) is 28.2. The van der Waals surface area contributed by atoms with Crippen LogP contribution >= 0.6 is 12.6 Å². The maximum absolute atomic E-state index is 12.6. The standard InChI is InChI=1S/C22H40N2O7S/c1-21(2,3)30-18(26)8-7-16(15-19(27)31-22(4,5)6)20(28)24-11-13-29-12-10-23-17(25)9-14-32/h16,32H,7-15H2,1-6H3,(H,23,25)(H,24,28)/i14T. The summed E-state index contributed by atoms with van der Waals surface area (Å²) >= 11 is 3.83. The van der Waals surface area contributed by atoms with Crippen LogP contribution in [0.1, 0.15) is 68.6 Å². The molecule has 0 aromatic carbocycles. The monoisotopic (exact) mass is 478 g/mol. The Labute approximate surface area is 198 Å². The summed E-state index contributed by atoms with van der Waals surface area (Å²) in [6, 6.07) is 0. The van der Waals surface area contributed by atoms with Crippen molar-refractivity contribution in [2.75, 3.05) is 32.0 Å². The van der Waals surface area contributed by atoms with Crippen LogP contribution in [0.15, 0.2) is 0 Å². The third-order valence-electron chi connectivity index (χ3n) is 3.71. The number of esters is 2. The minimum atomic E-state index is -0.759. The van der Waals surface area contributed by atoms with Gasteiger partial charge in [0.2, 0.25) is 11.8 Å². The molecule has 10 heteroatoms. The lowest BCUT2D eigenvalue weighted by atomic mass is 9.98. The lowest BCUT2D eigenvalue weighted by Crippen LogP contribution is -2.36. The largest absolute Gasteiger partial charge is 0.460 e. The van der Waals surface area contributed by atoms with Gasteiger partial charge in [0.15, 0.2) is 0 Å². The third kappa shape index (κ3) is 17.8. The number of nitrogens with one attached hydrogen (secondary N) is 2. The molecule has 2 N–H and O–H groups in total. The second kappa shape index (κ2) is 15.1.